The number of hydrogen-bond donors (Lipinski definition) is 2. The summed E-state index contributed by atoms with van der Waals surface area (Å²) in [5.74, 6) is 0.135. The maximum atomic E-state index is 8.89. The average molecular weight is 275 g/mol. The van der Waals surface area contributed by atoms with Crippen LogP contribution in [0.4, 0.5) is 5.69 Å². The van der Waals surface area contributed by atoms with Crippen molar-refractivity contribution in [1.82, 2.24) is 0 Å². The van der Waals surface area contributed by atoms with Crippen LogP contribution in [0.5, 0.6) is 0 Å². The molecule has 100 valence electrons. The molecule has 1 aromatic heterocycles. The number of anilines is 1. The van der Waals surface area contributed by atoms with Crippen LogP contribution in [0.15, 0.2) is 40.2 Å². The van der Waals surface area contributed by atoms with Crippen LogP contribution < -0.4 is 10.6 Å². The highest BCUT2D eigenvalue weighted by molar-refractivity contribution is 7.07. The first-order valence-corrected chi connectivity index (χ1v) is 6.87. The quantitative estimate of drug-likeness (QED) is 0.390. The molecule has 1 heterocycles. The van der Waals surface area contributed by atoms with Crippen molar-refractivity contribution in [2.24, 2.45) is 10.9 Å². The maximum Gasteiger partial charge on any atom is 0.172 e. The molecule has 3 N–H and O–H groups in total. The normalized spacial score (nSPS) is 11.6. The van der Waals surface area contributed by atoms with Gasteiger partial charge in [-0.3, -0.25) is 0 Å². The molecule has 0 aliphatic rings. The van der Waals surface area contributed by atoms with Gasteiger partial charge in [-0.15, -0.1) is 0 Å². The molecule has 1 aromatic carbocycles. The van der Waals surface area contributed by atoms with Gasteiger partial charge in [0, 0.05) is 19.2 Å². The molecule has 19 heavy (non-hydrogen) atoms. The molecule has 0 saturated carbocycles. The van der Waals surface area contributed by atoms with Crippen molar-refractivity contribution < 1.29 is 5.21 Å². The first-order chi connectivity index (χ1) is 9.13. The summed E-state index contributed by atoms with van der Waals surface area (Å²) in [5, 5.41) is 16.2. The second kappa shape index (κ2) is 5.75. The Bertz CT molecular complexity index is 578. The Kier molecular flexibility index (Phi) is 4.06. The van der Waals surface area contributed by atoms with Crippen molar-refractivity contribution >= 4 is 22.9 Å². The number of thiophene rings is 1. The molecule has 0 fully saturated rings. The van der Waals surface area contributed by atoms with Gasteiger partial charge in [0.1, 0.15) is 0 Å². The molecule has 0 aliphatic heterocycles. The van der Waals surface area contributed by atoms with E-state index in [2.05, 4.69) is 26.9 Å². The Morgan fingerprint density at radius 1 is 1.42 bits per heavy atom. The van der Waals surface area contributed by atoms with Crippen molar-refractivity contribution in [3.8, 4) is 0 Å². The largest absolute Gasteiger partial charge is 0.409 e. The van der Waals surface area contributed by atoms with E-state index in [1.165, 1.54) is 5.56 Å². The summed E-state index contributed by atoms with van der Waals surface area (Å²) in [6, 6.07) is 7.89. The van der Waals surface area contributed by atoms with E-state index in [1.54, 1.807) is 11.3 Å². The summed E-state index contributed by atoms with van der Waals surface area (Å²) < 4.78 is 0. The standard InChI is InChI=1S/C14H17N3OS/c1-10-4-3-5-12(14(15)16-18)13(10)17(2)8-11-6-7-19-9-11/h3-7,9,18H,8H2,1-2H3,(H2,15,16). The molecule has 2 aromatic rings. The van der Waals surface area contributed by atoms with E-state index in [9.17, 15) is 0 Å². The summed E-state index contributed by atoms with van der Waals surface area (Å²) in [4.78, 5) is 2.12. The predicted molar refractivity (Wildman–Crippen MR) is 80.1 cm³/mol. The summed E-state index contributed by atoms with van der Waals surface area (Å²) >= 11 is 1.68. The number of aryl methyl sites for hydroxylation is 1. The van der Waals surface area contributed by atoms with E-state index in [-0.39, 0.29) is 5.84 Å². The first kappa shape index (κ1) is 13.4. The van der Waals surface area contributed by atoms with Crippen LogP contribution in [0.25, 0.3) is 0 Å². The van der Waals surface area contributed by atoms with Crippen LogP contribution in [0.1, 0.15) is 16.7 Å². The minimum absolute atomic E-state index is 0.135. The number of para-hydroxylation sites is 1. The van der Waals surface area contributed by atoms with Crippen molar-refractivity contribution in [2.45, 2.75) is 13.5 Å². The number of amidine groups is 1. The third-order valence-electron chi connectivity index (χ3n) is 3.00. The molecule has 0 saturated heterocycles. The van der Waals surface area contributed by atoms with Gasteiger partial charge in [0.05, 0.1) is 5.69 Å². The van der Waals surface area contributed by atoms with Gasteiger partial charge < -0.3 is 15.8 Å². The molecule has 0 spiro atoms. The lowest BCUT2D eigenvalue weighted by Crippen LogP contribution is -2.23. The Morgan fingerprint density at radius 2 is 2.21 bits per heavy atom. The fourth-order valence-electron chi connectivity index (χ4n) is 2.16. The monoisotopic (exact) mass is 275 g/mol. The zero-order valence-electron chi connectivity index (χ0n) is 11.0. The fourth-order valence-corrected chi connectivity index (χ4v) is 2.82. The lowest BCUT2D eigenvalue weighted by molar-refractivity contribution is 0.318. The van der Waals surface area contributed by atoms with E-state index in [0.29, 0.717) is 0 Å². The third kappa shape index (κ3) is 2.88. The minimum Gasteiger partial charge on any atom is -0.409 e. The Labute approximate surface area is 116 Å². The third-order valence-corrected chi connectivity index (χ3v) is 3.74. The van der Waals surface area contributed by atoms with Crippen LogP contribution in [0, 0.1) is 6.92 Å². The van der Waals surface area contributed by atoms with Gasteiger partial charge in [0.15, 0.2) is 5.84 Å². The molecule has 4 nitrogen and oxygen atoms in total. The lowest BCUT2D eigenvalue weighted by Gasteiger charge is -2.23. The Morgan fingerprint density at radius 3 is 2.84 bits per heavy atom. The van der Waals surface area contributed by atoms with Crippen molar-refractivity contribution in [1.29, 1.82) is 0 Å². The second-order valence-electron chi connectivity index (χ2n) is 4.44. The van der Waals surface area contributed by atoms with Gasteiger partial charge in [-0.25, -0.2) is 0 Å². The molecular weight excluding hydrogens is 258 g/mol. The molecule has 0 amide bonds. The average Bonchev–Trinajstić information content (AvgIpc) is 2.90. The van der Waals surface area contributed by atoms with Crippen molar-refractivity contribution in [2.75, 3.05) is 11.9 Å². The van der Waals surface area contributed by atoms with Crippen molar-refractivity contribution in [3.63, 3.8) is 0 Å². The van der Waals surface area contributed by atoms with Gasteiger partial charge in [0.25, 0.3) is 0 Å². The molecule has 2 rings (SSSR count). The smallest absolute Gasteiger partial charge is 0.172 e. The number of hydrogen-bond acceptors (Lipinski definition) is 4. The summed E-state index contributed by atoms with van der Waals surface area (Å²) in [6.45, 7) is 2.81. The highest BCUT2D eigenvalue weighted by atomic mass is 32.1. The van der Waals surface area contributed by atoms with Gasteiger partial charge in [-0.05, 0) is 40.9 Å². The van der Waals surface area contributed by atoms with Crippen LogP contribution in [0.2, 0.25) is 0 Å². The summed E-state index contributed by atoms with van der Waals surface area (Å²) in [6.07, 6.45) is 0. The van der Waals surface area contributed by atoms with Gasteiger partial charge in [-0.1, -0.05) is 17.3 Å². The number of oxime groups is 1. The molecule has 0 radical (unpaired) electrons. The van der Waals surface area contributed by atoms with Crippen molar-refractivity contribution in [3.05, 3.63) is 51.7 Å². The summed E-state index contributed by atoms with van der Waals surface area (Å²) in [5.41, 5.74) is 9.84. The molecule has 0 unspecified atom stereocenters. The minimum atomic E-state index is 0.135. The van der Waals surface area contributed by atoms with Gasteiger partial charge >= 0.3 is 0 Å². The van der Waals surface area contributed by atoms with E-state index < -0.39 is 0 Å². The SMILES string of the molecule is Cc1cccc(/C(N)=N/O)c1N(C)Cc1ccsc1. The predicted octanol–water partition coefficient (Wildman–Crippen LogP) is 2.79. The van der Waals surface area contributed by atoms with Gasteiger partial charge in [-0.2, -0.15) is 11.3 Å². The molecule has 0 aliphatic carbocycles. The zero-order valence-corrected chi connectivity index (χ0v) is 11.8. The van der Waals surface area contributed by atoms with E-state index in [4.69, 9.17) is 10.9 Å². The van der Waals surface area contributed by atoms with Crippen LogP contribution in [-0.2, 0) is 6.54 Å². The van der Waals surface area contributed by atoms with Crippen LogP contribution >= 0.6 is 11.3 Å². The number of benzene rings is 1. The Hall–Kier alpha value is -2.01. The van der Waals surface area contributed by atoms with E-state index in [0.717, 1.165) is 23.4 Å². The Balaban J connectivity index is 2.37. The van der Waals surface area contributed by atoms with Crippen LogP contribution in [0.3, 0.4) is 0 Å². The summed E-state index contributed by atoms with van der Waals surface area (Å²) in [7, 11) is 2.01. The molecule has 5 heteroatoms. The van der Waals surface area contributed by atoms with E-state index in [1.807, 2.05) is 32.2 Å². The highest BCUT2D eigenvalue weighted by Crippen LogP contribution is 2.26. The zero-order chi connectivity index (χ0) is 13.8. The number of nitrogens with zero attached hydrogens (tertiary/aromatic N) is 2. The molecular formula is C14H17N3OS. The topological polar surface area (TPSA) is 61.9 Å². The maximum absolute atomic E-state index is 8.89. The van der Waals surface area contributed by atoms with E-state index >= 15 is 0 Å². The van der Waals surface area contributed by atoms with Gasteiger partial charge in [0.2, 0.25) is 0 Å². The number of rotatable bonds is 4. The molecule has 0 atom stereocenters. The second-order valence-corrected chi connectivity index (χ2v) is 5.22. The highest BCUT2D eigenvalue weighted by Gasteiger charge is 2.14. The molecule has 0 bridgehead atoms. The first-order valence-electron chi connectivity index (χ1n) is 5.93. The lowest BCUT2D eigenvalue weighted by atomic mass is 10.1. The number of nitrogens with two attached hydrogens (primary N) is 1. The van der Waals surface area contributed by atoms with Crippen LogP contribution in [-0.4, -0.2) is 18.1 Å². The fraction of sp³-hybridized carbons (Fsp3) is 0.214.